The van der Waals surface area contributed by atoms with E-state index in [-0.39, 0.29) is 5.41 Å². The van der Waals surface area contributed by atoms with Gasteiger partial charge in [-0.2, -0.15) is 0 Å². The van der Waals surface area contributed by atoms with Gasteiger partial charge in [0.05, 0.1) is 10.6 Å². The van der Waals surface area contributed by atoms with Crippen molar-refractivity contribution in [2.45, 2.75) is 32.1 Å². The predicted molar refractivity (Wildman–Crippen MR) is 122 cm³/mol. The number of aryl methyl sites for hydroxylation is 2. The van der Waals surface area contributed by atoms with Crippen molar-refractivity contribution < 1.29 is 8.42 Å². The smallest absolute Gasteiger partial charge is 0.264 e. The van der Waals surface area contributed by atoms with Gasteiger partial charge in [0.1, 0.15) is 0 Å². The molecule has 30 heavy (non-hydrogen) atoms. The average Bonchev–Trinajstić information content (AvgIpc) is 3.08. The van der Waals surface area contributed by atoms with Crippen LogP contribution in [0.3, 0.4) is 0 Å². The zero-order valence-corrected chi connectivity index (χ0v) is 18.5. The zero-order chi connectivity index (χ0) is 21.4. The van der Waals surface area contributed by atoms with Crippen LogP contribution in [-0.2, 0) is 16.4 Å². The van der Waals surface area contributed by atoms with E-state index in [0.29, 0.717) is 11.4 Å². The van der Waals surface area contributed by atoms with Crippen LogP contribution in [0, 0.1) is 19.3 Å². The SMILES string of the molecule is Cc1ccc(C2=CC(C)(Cc3ccccc3)CN2S(=O)(=O)c2ccc(C)cc2)cc1. The fourth-order valence-corrected chi connectivity index (χ4v) is 5.65. The Labute approximate surface area is 179 Å². The first-order chi connectivity index (χ1) is 14.3. The Hall–Kier alpha value is -2.85. The van der Waals surface area contributed by atoms with E-state index in [2.05, 4.69) is 25.1 Å². The van der Waals surface area contributed by atoms with E-state index in [9.17, 15) is 8.42 Å². The molecule has 0 amide bonds. The highest BCUT2D eigenvalue weighted by atomic mass is 32.2. The second-order valence-electron chi connectivity index (χ2n) is 8.54. The van der Waals surface area contributed by atoms with Gasteiger partial charge in [0.15, 0.2) is 0 Å². The minimum atomic E-state index is -3.66. The van der Waals surface area contributed by atoms with Gasteiger partial charge in [-0.1, -0.05) is 90.9 Å². The Morgan fingerprint density at radius 3 is 2.00 bits per heavy atom. The standard InChI is InChI=1S/C26H27NO2S/c1-20-9-13-23(14-10-20)25-18-26(3,17-22-7-5-4-6-8-22)19-27(25)30(28,29)24-15-11-21(2)12-16-24/h4-16,18H,17,19H2,1-3H3. The van der Waals surface area contributed by atoms with Crippen LogP contribution in [0.2, 0.25) is 0 Å². The summed E-state index contributed by atoms with van der Waals surface area (Å²) in [6.45, 7) is 6.55. The van der Waals surface area contributed by atoms with Crippen LogP contribution >= 0.6 is 0 Å². The van der Waals surface area contributed by atoms with E-state index >= 15 is 0 Å². The van der Waals surface area contributed by atoms with Crippen molar-refractivity contribution >= 4 is 15.7 Å². The highest BCUT2D eigenvalue weighted by Gasteiger charge is 2.40. The largest absolute Gasteiger partial charge is 0.265 e. The Balaban J connectivity index is 1.77. The second-order valence-corrected chi connectivity index (χ2v) is 10.4. The molecule has 154 valence electrons. The maximum atomic E-state index is 13.6. The van der Waals surface area contributed by atoms with Crippen LogP contribution in [-0.4, -0.2) is 19.3 Å². The monoisotopic (exact) mass is 417 g/mol. The van der Waals surface area contributed by atoms with Gasteiger partial charge in [-0.15, -0.1) is 0 Å². The van der Waals surface area contributed by atoms with Crippen molar-refractivity contribution in [2.24, 2.45) is 5.41 Å². The van der Waals surface area contributed by atoms with Gasteiger partial charge in [-0.25, -0.2) is 8.42 Å². The zero-order valence-electron chi connectivity index (χ0n) is 17.7. The van der Waals surface area contributed by atoms with Crippen molar-refractivity contribution in [2.75, 3.05) is 6.54 Å². The first-order valence-electron chi connectivity index (χ1n) is 10.2. The first-order valence-corrected chi connectivity index (χ1v) is 11.6. The Morgan fingerprint density at radius 1 is 0.833 bits per heavy atom. The summed E-state index contributed by atoms with van der Waals surface area (Å²) in [5.74, 6) is 0. The summed E-state index contributed by atoms with van der Waals surface area (Å²) in [5, 5.41) is 0. The van der Waals surface area contributed by atoms with Crippen molar-refractivity contribution in [3.63, 3.8) is 0 Å². The minimum absolute atomic E-state index is 0.292. The van der Waals surface area contributed by atoms with E-state index in [4.69, 9.17) is 0 Å². The van der Waals surface area contributed by atoms with E-state index in [1.807, 2.05) is 68.4 Å². The molecule has 3 aromatic rings. The third-order valence-corrected chi connectivity index (χ3v) is 7.44. The van der Waals surface area contributed by atoms with Crippen molar-refractivity contribution in [3.05, 3.63) is 107 Å². The summed E-state index contributed by atoms with van der Waals surface area (Å²) in [6, 6.07) is 25.4. The number of hydrogen-bond acceptors (Lipinski definition) is 2. The highest BCUT2D eigenvalue weighted by molar-refractivity contribution is 7.89. The van der Waals surface area contributed by atoms with Gasteiger partial charge in [0.2, 0.25) is 0 Å². The molecule has 0 saturated carbocycles. The van der Waals surface area contributed by atoms with E-state index in [0.717, 1.165) is 28.8 Å². The molecule has 1 aliphatic heterocycles. The van der Waals surface area contributed by atoms with E-state index < -0.39 is 10.0 Å². The van der Waals surface area contributed by atoms with Crippen LogP contribution in [0.1, 0.15) is 29.2 Å². The fraction of sp³-hybridized carbons (Fsp3) is 0.231. The molecule has 0 aliphatic carbocycles. The number of rotatable bonds is 5. The normalized spacial score (nSPS) is 19.0. The molecule has 4 heteroatoms. The number of hydrogen-bond donors (Lipinski definition) is 0. The summed E-state index contributed by atoms with van der Waals surface area (Å²) in [5.41, 5.74) is 4.78. The molecule has 4 rings (SSSR count). The lowest BCUT2D eigenvalue weighted by molar-refractivity contribution is 0.378. The first kappa shape index (κ1) is 20.4. The van der Waals surface area contributed by atoms with Crippen molar-refractivity contribution in [3.8, 4) is 0 Å². The van der Waals surface area contributed by atoms with Crippen molar-refractivity contribution in [1.82, 2.24) is 4.31 Å². The molecule has 3 aromatic carbocycles. The summed E-state index contributed by atoms with van der Waals surface area (Å²) in [6.07, 6.45) is 2.92. The molecule has 3 nitrogen and oxygen atoms in total. The lowest BCUT2D eigenvalue weighted by atomic mass is 9.84. The molecule has 0 saturated heterocycles. The number of nitrogens with zero attached hydrogens (tertiary/aromatic N) is 1. The molecule has 0 bridgehead atoms. The number of benzene rings is 3. The topological polar surface area (TPSA) is 37.4 Å². The van der Waals surface area contributed by atoms with Gasteiger partial charge < -0.3 is 0 Å². The fourth-order valence-electron chi connectivity index (χ4n) is 4.03. The average molecular weight is 418 g/mol. The lowest BCUT2D eigenvalue weighted by Gasteiger charge is -2.27. The highest BCUT2D eigenvalue weighted by Crippen LogP contribution is 2.42. The van der Waals surface area contributed by atoms with Crippen LogP contribution in [0.4, 0.5) is 0 Å². The van der Waals surface area contributed by atoms with Crippen LogP contribution in [0.15, 0.2) is 89.8 Å². The van der Waals surface area contributed by atoms with Gasteiger partial charge >= 0.3 is 0 Å². The maximum absolute atomic E-state index is 13.6. The predicted octanol–water partition coefficient (Wildman–Crippen LogP) is 5.60. The maximum Gasteiger partial charge on any atom is 0.264 e. The van der Waals surface area contributed by atoms with Gasteiger partial charge in [0.25, 0.3) is 10.0 Å². The van der Waals surface area contributed by atoms with Crippen LogP contribution in [0.5, 0.6) is 0 Å². The molecule has 0 fully saturated rings. The second kappa shape index (κ2) is 7.77. The number of sulfonamides is 1. The Morgan fingerprint density at radius 2 is 1.40 bits per heavy atom. The summed E-state index contributed by atoms with van der Waals surface area (Å²) < 4.78 is 28.8. The Kier molecular flexibility index (Phi) is 5.29. The third kappa shape index (κ3) is 4.05. The van der Waals surface area contributed by atoms with Gasteiger partial charge in [0, 0.05) is 12.0 Å². The quantitative estimate of drug-likeness (QED) is 0.542. The van der Waals surface area contributed by atoms with E-state index in [1.54, 1.807) is 16.4 Å². The summed E-state index contributed by atoms with van der Waals surface area (Å²) in [4.78, 5) is 0.329. The van der Waals surface area contributed by atoms with Crippen LogP contribution < -0.4 is 0 Å². The lowest BCUT2D eigenvalue weighted by Crippen LogP contribution is -2.33. The molecule has 0 aromatic heterocycles. The molecular weight excluding hydrogens is 390 g/mol. The summed E-state index contributed by atoms with van der Waals surface area (Å²) >= 11 is 0. The summed E-state index contributed by atoms with van der Waals surface area (Å²) in [7, 11) is -3.66. The molecular formula is C26H27NO2S. The van der Waals surface area contributed by atoms with Gasteiger partial charge in [-0.3, -0.25) is 4.31 Å². The molecule has 0 N–H and O–H groups in total. The molecule has 1 unspecified atom stereocenters. The third-order valence-electron chi connectivity index (χ3n) is 5.67. The molecule has 1 atom stereocenters. The molecule has 1 aliphatic rings. The van der Waals surface area contributed by atoms with Crippen molar-refractivity contribution in [1.29, 1.82) is 0 Å². The van der Waals surface area contributed by atoms with E-state index in [1.165, 1.54) is 5.56 Å². The minimum Gasteiger partial charge on any atom is -0.265 e. The molecule has 1 heterocycles. The Bertz CT molecular complexity index is 1160. The molecule has 0 radical (unpaired) electrons. The molecule has 0 spiro atoms. The van der Waals surface area contributed by atoms with Gasteiger partial charge in [-0.05, 0) is 43.5 Å². The van der Waals surface area contributed by atoms with Crippen LogP contribution in [0.25, 0.3) is 5.70 Å².